The van der Waals surface area contributed by atoms with Gasteiger partial charge in [0.1, 0.15) is 5.69 Å². The molecule has 5 nitrogen and oxygen atoms in total. The Bertz CT molecular complexity index is 851. The van der Waals surface area contributed by atoms with Crippen molar-refractivity contribution in [1.82, 2.24) is 15.1 Å². The number of amides is 1. The summed E-state index contributed by atoms with van der Waals surface area (Å²) in [5.74, 6) is 0.732. The van der Waals surface area contributed by atoms with Crippen LogP contribution in [0.3, 0.4) is 0 Å². The Hall–Kier alpha value is -2.43. The monoisotopic (exact) mass is 395 g/mol. The molecule has 1 aliphatic heterocycles. The summed E-state index contributed by atoms with van der Waals surface area (Å²) >= 11 is 0. The molecular formula is C24H33N3O2. The standard InChI is InChI=1S/C24H33N3O2/c1-16(2)14-17-6-8-18(9-7-17)22(28)19-10-12-27(13-11-19)23(29)20-15-21(26-25-20)24(3,4)5/h6-9,15-16,19H,10-14H2,1-5H3,(H,25,26). The van der Waals surface area contributed by atoms with Crippen molar-refractivity contribution in [3.8, 4) is 0 Å². The number of nitrogens with one attached hydrogen (secondary N) is 1. The quantitative estimate of drug-likeness (QED) is 0.750. The molecular weight excluding hydrogens is 362 g/mol. The Labute approximate surface area is 173 Å². The number of rotatable bonds is 5. The Balaban J connectivity index is 1.57. The molecule has 5 heteroatoms. The summed E-state index contributed by atoms with van der Waals surface area (Å²) < 4.78 is 0. The molecule has 0 bridgehead atoms. The van der Waals surface area contributed by atoms with Crippen LogP contribution in [0.5, 0.6) is 0 Å². The highest BCUT2D eigenvalue weighted by atomic mass is 16.2. The van der Waals surface area contributed by atoms with E-state index < -0.39 is 0 Å². The van der Waals surface area contributed by atoms with E-state index in [4.69, 9.17) is 0 Å². The van der Waals surface area contributed by atoms with Crippen molar-refractivity contribution in [3.63, 3.8) is 0 Å². The van der Waals surface area contributed by atoms with Crippen LogP contribution in [0, 0.1) is 11.8 Å². The van der Waals surface area contributed by atoms with Gasteiger partial charge in [-0.3, -0.25) is 14.7 Å². The lowest BCUT2D eigenvalue weighted by Crippen LogP contribution is -2.40. The zero-order valence-corrected chi connectivity index (χ0v) is 18.3. The molecule has 29 heavy (non-hydrogen) atoms. The Morgan fingerprint density at radius 1 is 1.14 bits per heavy atom. The summed E-state index contributed by atoms with van der Waals surface area (Å²) in [4.78, 5) is 27.5. The number of Topliss-reactive ketones (excluding diaryl/α,β-unsaturated/α-hetero) is 1. The molecule has 0 saturated carbocycles. The van der Waals surface area contributed by atoms with Crippen molar-refractivity contribution in [2.45, 2.75) is 59.3 Å². The summed E-state index contributed by atoms with van der Waals surface area (Å²) in [7, 11) is 0. The highest BCUT2D eigenvalue weighted by Crippen LogP contribution is 2.25. The molecule has 2 aromatic rings. The Morgan fingerprint density at radius 2 is 1.76 bits per heavy atom. The lowest BCUT2D eigenvalue weighted by molar-refractivity contribution is 0.0645. The van der Waals surface area contributed by atoms with Gasteiger partial charge in [0.25, 0.3) is 5.91 Å². The van der Waals surface area contributed by atoms with E-state index in [1.807, 2.05) is 23.1 Å². The fourth-order valence-electron chi connectivity index (χ4n) is 3.83. The van der Waals surface area contributed by atoms with Gasteiger partial charge in [0, 0.05) is 35.7 Å². The molecule has 0 radical (unpaired) electrons. The number of nitrogens with zero attached hydrogens (tertiary/aromatic N) is 2. The second kappa shape index (κ2) is 8.52. The summed E-state index contributed by atoms with van der Waals surface area (Å²) in [5.41, 5.74) is 3.39. The summed E-state index contributed by atoms with van der Waals surface area (Å²) in [6, 6.07) is 9.88. The Morgan fingerprint density at radius 3 is 2.28 bits per heavy atom. The minimum atomic E-state index is -0.0737. The minimum Gasteiger partial charge on any atom is -0.337 e. The fourth-order valence-corrected chi connectivity index (χ4v) is 3.83. The first kappa shape index (κ1) is 21.3. The van der Waals surface area contributed by atoms with E-state index >= 15 is 0 Å². The van der Waals surface area contributed by atoms with Crippen LogP contribution in [0.25, 0.3) is 0 Å². The van der Waals surface area contributed by atoms with Crippen LogP contribution in [-0.2, 0) is 11.8 Å². The van der Waals surface area contributed by atoms with E-state index in [2.05, 4.69) is 56.9 Å². The summed E-state index contributed by atoms with van der Waals surface area (Å²) in [6.45, 7) is 11.8. The number of piperidine rings is 1. The van der Waals surface area contributed by atoms with Gasteiger partial charge in [0.05, 0.1) is 0 Å². The highest BCUT2D eigenvalue weighted by molar-refractivity contribution is 5.98. The van der Waals surface area contributed by atoms with Crippen LogP contribution in [0.15, 0.2) is 30.3 Å². The largest absolute Gasteiger partial charge is 0.337 e. The maximum absolute atomic E-state index is 12.9. The van der Waals surface area contributed by atoms with Gasteiger partial charge in [0.2, 0.25) is 0 Å². The van der Waals surface area contributed by atoms with Crippen LogP contribution >= 0.6 is 0 Å². The van der Waals surface area contributed by atoms with Gasteiger partial charge in [-0.05, 0) is 36.8 Å². The lowest BCUT2D eigenvalue weighted by Gasteiger charge is -2.31. The molecule has 1 aromatic carbocycles. The molecule has 156 valence electrons. The SMILES string of the molecule is CC(C)Cc1ccc(C(=O)C2CCN(C(=O)c3cc(C(C)(C)C)[nH]n3)CC2)cc1. The van der Waals surface area contributed by atoms with Gasteiger partial charge in [-0.1, -0.05) is 58.9 Å². The van der Waals surface area contributed by atoms with Crippen LogP contribution in [0.1, 0.15) is 79.6 Å². The zero-order chi connectivity index (χ0) is 21.2. The number of likely N-dealkylation sites (tertiary alicyclic amines) is 1. The first-order chi connectivity index (χ1) is 13.6. The van der Waals surface area contributed by atoms with Crippen molar-refractivity contribution in [1.29, 1.82) is 0 Å². The van der Waals surface area contributed by atoms with Crippen LogP contribution in [-0.4, -0.2) is 39.9 Å². The molecule has 0 unspecified atom stereocenters. The van der Waals surface area contributed by atoms with Gasteiger partial charge < -0.3 is 4.90 Å². The molecule has 3 rings (SSSR count). The van der Waals surface area contributed by atoms with Gasteiger partial charge in [-0.2, -0.15) is 5.10 Å². The fraction of sp³-hybridized carbons (Fsp3) is 0.542. The number of hydrogen-bond donors (Lipinski definition) is 1. The lowest BCUT2D eigenvalue weighted by atomic mass is 9.88. The number of H-pyrrole nitrogens is 1. The number of benzene rings is 1. The van der Waals surface area contributed by atoms with Crippen molar-refractivity contribution in [2.75, 3.05) is 13.1 Å². The van der Waals surface area contributed by atoms with E-state index in [0.29, 0.717) is 37.5 Å². The van der Waals surface area contributed by atoms with Crippen LogP contribution in [0.4, 0.5) is 0 Å². The second-order valence-electron chi connectivity index (χ2n) is 9.64. The Kier molecular flexibility index (Phi) is 6.25. The second-order valence-corrected chi connectivity index (χ2v) is 9.64. The molecule has 1 fully saturated rings. The predicted molar refractivity (Wildman–Crippen MR) is 115 cm³/mol. The van der Waals surface area contributed by atoms with Crippen molar-refractivity contribution in [3.05, 3.63) is 52.8 Å². The van der Waals surface area contributed by atoms with Crippen LogP contribution < -0.4 is 0 Å². The first-order valence-corrected chi connectivity index (χ1v) is 10.6. The van der Waals surface area contributed by atoms with E-state index in [1.165, 1.54) is 5.56 Å². The number of aromatic nitrogens is 2. The molecule has 1 aliphatic rings. The van der Waals surface area contributed by atoms with E-state index in [0.717, 1.165) is 17.7 Å². The van der Waals surface area contributed by atoms with Crippen LogP contribution in [0.2, 0.25) is 0 Å². The molecule has 1 N–H and O–H groups in total. The number of ketones is 1. The van der Waals surface area contributed by atoms with Gasteiger partial charge in [-0.25, -0.2) is 0 Å². The van der Waals surface area contributed by atoms with Crippen molar-refractivity contribution >= 4 is 11.7 Å². The molecule has 1 amide bonds. The molecule has 0 aliphatic carbocycles. The maximum Gasteiger partial charge on any atom is 0.274 e. The molecule has 0 spiro atoms. The molecule has 1 aromatic heterocycles. The molecule has 0 atom stereocenters. The first-order valence-electron chi connectivity index (χ1n) is 10.6. The van der Waals surface area contributed by atoms with Gasteiger partial charge in [0.15, 0.2) is 5.78 Å². The van der Waals surface area contributed by atoms with Crippen molar-refractivity contribution in [2.24, 2.45) is 11.8 Å². The normalized spacial score (nSPS) is 15.7. The highest BCUT2D eigenvalue weighted by Gasteiger charge is 2.30. The number of carbonyl (C=O) groups is 2. The third-order valence-corrected chi connectivity index (χ3v) is 5.64. The van der Waals surface area contributed by atoms with Gasteiger partial charge >= 0.3 is 0 Å². The summed E-state index contributed by atoms with van der Waals surface area (Å²) in [6.07, 6.45) is 2.43. The van der Waals surface area contributed by atoms with Gasteiger partial charge in [-0.15, -0.1) is 0 Å². The maximum atomic E-state index is 12.9. The number of carbonyl (C=O) groups excluding carboxylic acids is 2. The predicted octanol–water partition coefficient (Wildman–Crippen LogP) is 4.64. The smallest absolute Gasteiger partial charge is 0.274 e. The number of hydrogen-bond acceptors (Lipinski definition) is 3. The third kappa shape index (κ3) is 5.14. The minimum absolute atomic E-state index is 0.0145. The van der Waals surface area contributed by atoms with E-state index in [1.54, 1.807) is 0 Å². The molecule has 1 saturated heterocycles. The average molecular weight is 396 g/mol. The van der Waals surface area contributed by atoms with E-state index in [-0.39, 0.29) is 23.0 Å². The average Bonchev–Trinajstić information content (AvgIpc) is 3.18. The zero-order valence-electron chi connectivity index (χ0n) is 18.3. The van der Waals surface area contributed by atoms with E-state index in [9.17, 15) is 9.59 Å². The molecule has 2 heterocycles. The van der Waals surface area contributed by atoms with Crippen molar-refractivity contribution < 1.29 is 9.59 Å². The topological polar surface area (TPSA) is 66.1 Å². The number of aromatic amines is 1. The third-order valence-electron chi connectivity index (χ3n) is 5.64. The summed E-state index contributed by atoms with van der Waals surface area (Å²) in [5, 5.41) is 7.18.